The number of benzene rings is 1. The van der Waals surface area contributed by atoms with Gasteiger partial charge in [-0.25, -0.2) is 0 Å². The van der Waals surface area contributed by atoms with Gasteiger partial charge in [-0.1, -0.05) is 24.3 Å². The van der Waals surface area contributed by atoms with Crippen molar-refractivity contribution in [2.75, 3.05) is 26.9 Å². The molecule has 0 atom stereocenters. The average molecular weight is 208 g/mol. The predicted octanol–water partition coefficient (Wildman–Crippen LogP) is 1.84. The van der Waals surface area contributed by atoms with Crippen LogP contribution >= 0.6 is 0 Å². The third-order valence-corrected chi connectivity index (χ3v) is 2.11. The van der Waals surface area contributed by atoms with Crippen molar-refractivity contribution >= 4 is 5.78 Å². The first-order chi connectivity index (χ1) is 7.25. The molecule has 15 heavy (non-hydrogen) atoms. The van der Waals surface area contributed by atoms with Crippen molar-refractivity contribution in [1.82, 2.24) is 0 Å². The molecule has 0 aliphatic heterocycles. The van der Waals surface area contributed by atoms with E-state index in [1.807, 2.05) is 31.2 Å². The minimum absolute atomic E-state index is 0.0178. The van der Waals surface area contributed by atoms with E-state index in [9.17, 15) is 4.79 Å². The van der Waals surface area contributed by atoms with Crippen molar-refractivity contribution in [2.24, 2.45) is 0 Å². The molecule has 0 heterocycles. The average Bonchev–Trinajstić information content (AvgIpc) is 2.25. The molecule has 82 valence electrons. The fourth-order valence-electron chi connectivity index (χ4n) is 1.27. The number of rotatable bonds is 6. The molecule has 3 heteroatoms. The van der Waals surface area contributed by atoms with E-state index in [2.05, 4.69) is 0 Å². The normalized spacial score (nSPS) is 10.3. The van der Waals surface area contributed by atoms with Crippen LogP contribution in [0, 0.1) is 6.92 Å². The summed E-state index contributed by atoms with van der Waals surface area (Å²) in [5.41, 5.74) is 1.72. The molecule has 0 aromatic heterocycles. The number of methoxy groups -OCH3 is 1. The highest BCUT2D eigenvalue weighted by Crippen LogP contribution is 2.07. The highest BCUT2D eigenvalue weighted by molar-refractivity contribution is 5.98. The molecule has 1 rings (SSSR count). The van der Waals surface area contributed by atoms with Gasteiger partial charge in [0.05, 0.1) is 13.2 Å². The second-order valence-electron chi connectivity index (χ2n) is 3.28. The Labute approximate surface area is 90.0 Å². The van der Waals surface area contributed by atoms with Crippen molar-refractivity contribution in [2.45, 2.75) is 6.92 Å². The summed E-state index contributed by atoms with van der Waals surface area (Å²) in [5, 5.41) is 0. The molecular weight excluding hydrogens is 192 g/mol. The highest BCUT2D eigenvalue weighted by atomic mass is 16.5. The Balaban J connectivity index is 2.44. The minimum Gasteiger partial charge on any atom is -0.382 e. The first-order valence-corrected chi connectivity index (χ1v) is 4.91. The van der Waals surface area contributed by atoms with E-state index in [-0.39, 0.29) is 12.4 Å². The van der Waals surface area contributed by atoms with Crippen molar-refractivity contribution in [3.8, 4) is 0 Å². The second-order valence-corrected chi connectivity index (χ2v) is 3.28. The van der Waals surface area contributed by atoms with Gasteiger partial charge in [-0.05, 0) is 12.5 Å². The smallest absolute Gasteiger partial charge is 0.188 e. The summed E-state index contributed by atoms with van der Waals surface area (Å²) in [6.45, 7) is 3.01. The second kappa shape index (κ2) is 6.32. The summed E-state index contributed by atoms with van der Waals surface area (Å²) in [6.07, 6.45) is 0. The molecule has 0 aliphatic carbocycles. The number of hydrogen-bond acceptors (Lipinski definition) is 3. The molecule has 0 aliphatic rings. The van der Waals surface area contributed by atoms with Crippen molar-refractivity contribution in [3.05, 3.63) is 35.4 Å². The molecule has 0 bridgehead atoms. The van der Waals surface area contributed by atoms with Gasteiger partial charge < -0.3 is 9.47 Å². The van der Waals surface area contributed by atoms with E-state index < -0.39 is 0 Å². The van der Waals surface area contributed by atoms with Crippen molar-refractivity contribution in [1.29, 1.82) is 0 Å². The van der Waals surface area contributed by atoms with Gasteiger partial charge in [-0.3, -0.25) is 4.79 Å². The van der Waals surface area contributed by atoms with Crippen molar-refractivity contribution in [3.63, 3.8) is 0 Å². The van der Waals surface area contributed by atoms with E-state index in [1.54, 1.807) is 7.11 Å². The molecule has 0 saturated carbocycles. The van der Waals surface area contributed by atoms with Gasteiger partial charge in [0.1, 0.15) is 6.61 Å². The van der Waals surface area contributed by atoms with Crippen LogP contribution in [0.3, 0.4) is 0 Å². The maximum Gasteiger partial charge on any atom is 0.188 e. The molecule has 0 N–H and O–H groups in total. The van der Waals surface area contributed by atoms with Gasteiger partial charge in [0.25, 0.3) is 0 Å². The number of Topliss-reactive ketones (excluding diaryl/α,β-unsaturated/α-hetero) is 1. The fourth-order valence-corrected chi connectivity index (χ4v) is 1.27. The van der Waals surface area contributed by atoms with Gasteiger partial charge >= 0.3 is 0 Å². The lowest BCUT2D eigenvalue weighted by Gasteiger charge is -2.05. The van der Waals surface area contributed by atoms with E-state index in [0.29, 0.717) is 13.2 Å². The Morgan fingerprint density at radius 2 is 2.00 bits per heavy atom. The highest BCUT2D eigenvalue weighted by Gasteiger charge is 2.07. The number of hydrogen-bond donors (Lipinski definition) is 0. The lowest BCUT2D eigenvalue weighted by atomic mass is 10.1. The Kier molecular flexibility index (Phi) is 5.01. The van der Waals surface area contributed by atoms with Gasteiger partial charge in [0, 0.05) is 12.7 Å². The van der Waals surface area contributed by atoms with Crippen LogP contribution < -0.4 is 0 Å². The van der Waals surface area contributed by atoms with Crippen LogP contribution in [0.5, 0.6) is 0 Å². The van der Waals surface area contributed by atoms with E-state index in [0.717, 1.165) is 11.1 Å². The van der Waals surface area contributed by atoms with Crippen LogP contribution in [0.2, 0.25) is 0 Å². The maximum atomic E-state index is 11.7. The first-order valence-electron chi connectivity index (χ1n) is 4.91. The number of aryl methyl sites for hydroxylation is 1. The van der Waals surface area contributed by atoms with Crippen LogP contribution in [0.15, 0.2) is 24.3 Å². The third-order valence-electron chi connectivity index (χ3n) is 2.11. The number of ketones is 1. The molecule has 0 unspecified atom stereocenters. The Morgan fingerprint density at radius 1 is 1.27 bits per heavy atom. The molecule has 1 aromatic carbocycles. The molecule has 0 radical (unpaired) electrons. The van der Waals surface area contributed by atoms with Crippen LogP contribution in [-0.4, -0.2) is 32.7 Å². The lowest BCUT2D eigenvalue weighted by molar-refractivity contribution is 0.0576. The summed E-state index contributed by atoms with van der Waals surface area (Å²) in [7, 11) is 1.60. The van der Waals surface area contributed by atoms with Crippen LogP contribution in [0.1, 0.15) is 15.9 Å². The zero-order chi connectivity index (χ0) is 11.1. The van der Waals surface area contributed by atoms with Crippen LogP contribution in [-0.2, 0) is 9.47 Å². The zero-order valence-electron chi connectivity index (χ0n) is 9.16. The van der Waals surface area contributed by atoms with Gasteiger partial charge in [-0.2, -0.15) is 0 Å². The lowest BCUT2D eigenvalue weighted by Crippen LogP contribution is -2.13. The summed E-state index contributed by atoms with van der Waals surface area (Å²) >= 11 is 0. The van der Waals surface area contributed by atoms with Crippen molar-refractivity contribution < 1.29 is 14.3 Å². The zero-order valence-corrected chi connectivity index (χ0v) is 9.16. The molecule has 0 fully saturated rings. The van der Waals surface area contributed by atoms with Gasteiger partial charge in [0.15, 0.2) is 5.78 Å². The number of ether oxygens (including phenoxy) is 2. The fraction of sp³-hybridized carbons (Fsp3) is 0.417. The van der Waals surface area contributed by atoms with E-state index in [4.69, 9.17) is 9.47 Å². The topological polar surface area (TPSA) is 35.5 Å². The minimum atomic E-state index is 0.0178. The van der Waals surface area contributed by atoms with Crippen LogP contribution in [0.4, 0.5) is 0 Å². The monoisotopic (exact) mass is 208 g/mol. The number of carbonyl (C=O) groups excluding carboxylic acids is 1. The van der Waals surface area contributed by atoms with Crippen LogP contribution in [0.25, 0.3) is 0 Å². The standard InChI is InChI=1S/C12H16O3/c1-10-5-3-4-6-11(10)12(13)9-15-8-7-14-2/h3-6H,7-9H2,1-2H3. The largest absolute Gasteiger partial charge is 0.382 e. The molecule has 1 aromatic rings. The molecule has 0 amide bonds. The summed E-state index contributed by atoms with van der Waals surface area (Å²) < 4.78 is 9.99. The maximum absolute atomic E-state index is 11.7. The predicted molar refractivity (Wildman–Crippen MR) is 58.2 cm³/mol. The quantitative estimate of drug-likeness (QED) is 0.528. The van der Waals surface area contributed by atoms with Gasteiger partial charge in [-0.15, -0.1) is 0 Å². The van der Waals surface area contributed by atoms with E-state index >= 15 is 0 Å². The summed E-state index contributed by atoms with van der Waals surface area (Å²) in [5.74, 6) is 0.0178. The molecule has 0 spiro atoms. The molecule has 0 saturated heterocycles. The third kappa shape index (κ3) is 3.81. The molecular formula is C12H16O3. The Morgan fingerprint density at radius 3 is 2.67 bits per heavy atom. The number of carbonyl (C=O) groups is 1. The summed E-state index contributed by atoms with van der Waals surface area (Å²) in [6, 6.07) is 7.51. The Bertz CT molecular complexity index is 320. The summed E-state index contributed by atoms with van der Waals surface area (Å²) in [4.78, 5) is 11.7. The van der Waals surface area contributed by atoms with Gasteiger partial charge in [0.2, 0.25) is 0 Å². The SMILES string of the molecule is COCCOCC(=O)c1ccccc1C. The Hall–Kier alpha value is -1.19. The molecule has 3 nitrogen and oxygen atoms in total. The first kappa shape index (κ1) is 11.9. The van der Waals surface area contributed by atoms with E-state index in [1.165, 1.54) is 0 Å².